The van der Waals surface area contributed by atoms with Crippen molar-refractivity contribution in [3.63, 3.8) is 0 Å². The van der Waals surface area contributed by atoms with Gasteiger partial charge in [0.25, 0.3) is 5.91 Å². The Morgan fingerprint density at radius 2 is 1.93 bits per heavy atom. The number of amides is 1. The molecule has 1 aliphatic heterocycles. The van der Waals surface area contributed by atoms with Gasteiger partial charge in [-0.3, -0.25) is 15.4 Å². The molecule has 2 heterocycles. The molecule has 4 rings (SSSR count). The van der Waals surface area contributed by atoms with E-state index in [9.17, 15) is 9.18 Å². The van der Waals surface area contributed by atoms with Crippen molar-refractivity contribution in [2.75, 3.05) is 10.6 Å². The number of halogens is 4. The Labute approximate surface area is 181 Å². The molecule has 1 aliphatic carbocycles. The number of alkyl halides is 1. The molecule has 0 spiro atoms. The molecule has 0 bridgehead atoms. The van der Waals surface area contributed by atoms with Gasteiger partial charge in [0, 0.05) is 35.3 Å². The van der Waals surface area contributed by atoms with Gasteiger partial charge in [-0.25, -0.2) is 9.37 Å². The summed E-state index contributed by atoms with van der Waals surface area (Å²) in [6, 6.07) is 7.86. The van der Waals surface area contributed by atoms with Gasteiger partial charge in [0.05, 0.1) is 15.7 Å². The summed E-state index contributed by atoms with van der Waals surface area (Å²) in [6.07, 6.45) is 1.42. The maximum Gasteiger partial charge on any atom is 0.255 e. The predicted octanol–water partition coefficient (Wildman–Crippen LogP) is 3.97. The van der Waals surface area contributed by atoms with Crippen LogP contribution in [0.5, 0.6) is 0 Å². The van der Waals surface area contributed by atoms with Gasteiger partial charge in [-0.15, -0.1) is 0 Å². The molecule has 4 atom stereocenters. The fourth-order valence-electron chi connectivity index (χ4n) is 3.44. The number of fused-ring (bicyclic) bond motifs is 1. The summed E-state index contributed by atoms with van der Waals surface area (Å²) in [5.74, 6) is -0.277. The number of aromatic nitrogens is 1. The van der Waals surface area contributed by atoms with Crippen molar-refractivity contribution in [3.8, 4) is 0 Å². The van der Waals surface area contributed by atoms with Crippen molar-refractivity contribution in [1.29, 1.82) is 0 Å². The topological polar surface area (TPSA) is 78.1 Å². The van der Waals surface area contributed by atoms with Crippen molar-refractivity contribution >= 4 is 52.2 Å². The number of carbonyl (C=O) groups is 1. The van der Waals surface area contributed by atoms with Gasteiger partial charge >= 0.3 is 0 Å². The van der Waals surface area contributed by atoms with E-state index in [0.717, 1.165) is 0 Å². The van der Waals surface area contributed by atoms with Crippen LogP contribution in [0.15, 0.2) is 48.2 Å². The molecule has 0 saturated carbocycles. The van der Waals surface area contributed by atoms with Crippen LogP contribution in [0.4, 0.5) is 15.9 Å². The molecule has 1 aromatic heterocycles. The first kappa shape index (κ1) is 20.4. The number of nitrogens with zero attached hydrogens (tertiary/aromatic N) is 1. The smallest absolute Gasteiger partial charge is 0.255 e. The normalized spacial score (nSPS) is 25.9. The number of nitrogens with one attached hydrogen (secondary N) is 4. The second-order valence-corrected chi connectivity index (χ2v) is 8.03. The highest BCUT2D eigenvalue weighted by molar-refractivity contribution is 6.39. The minimum atomic E-state index is -1.41. The van der Waals surface area contributed by atoms with E-state index in [2.05, 4.69) is 26.3 Å². The lowest BCUT2D eigenvalue weighted by atomic mass is 9.90. The van der Waals surface area contributed by atoms with E-state index in [4.69, 9.17) is 34.8 Å². The lowest BCUT2D eigenvalue weighted by Crippen LogP contribution is -2.41. The van der Waals surface area contributed by atoms with Crippen molar-refractivity contribution < 1.29 is 9.18 Å². The van der Waals surface area contributed by atoms with E-state index in [0.29, 0.717) is 20.8 Å². The Balaban J connectivity index is 1.46. The van der Waals surface area contributed by atoms with Crippen LogP contribution >= 0.6 is 34.8 Å². The van der Waals surface area contributed by atoms with Gasteiger partial charge in [0.15, 0.2) is 0 Å². The highest BCUT2D eigenvalue weighted by Gasteiger charge is 2.40. The van der Waals surface area contributed by atoms with Crippen LogP contribution < -0.4 is 21.3 Å². The van der Waals surface area contributed by atoms with Crippen LogP contribution in [0.25, 0.3) is 0 Å². The third kappa shape index (κ3) is 4.49. The lowest BCUT2D eigenvalue weighted by molar-refractivity contribution is -0.113. The highest BCUT2D eigenvalue weighted by Crippen LogP contribution is 2.32. The molecule has 0 radical (unpaired) electrons. The zero-order valence-corrected chi connectivity index (χ0v) is 17.2. The van der Waals surface area contributed by atoms with Crippen molar-refractivity contribution in [3.05, 3.63) is 63.2 Å². The van der Waals surface area contributed by atoms with Crippen LogP contribution in [0.1, 0.15) is 6.42 Å². The van der Waals surface area contributed by atoms with Gasteiger partial charge in [-0.2, -0.15) is 0 Å². The second kappa shape index (κ2) is 8.45. The minimum absolute atomic E-state index is 0.0544. The van der Waals surface area contributed by atoms with Crippen LogP contribution in [0, 0.1) is 0 Å². The molecule has 4 unspecified atom stereocenters. The number of pyridine rings is 1. The highest BCUT2D eigenvalue weighted by atomic mass is 35.5. The van der Waals surface area contributed by atoms with E-state index >= 15 is 0 Å². The standard InChI is InChI=1S/C19H17Cl3FN5O/c20-9-4-5-24-16(6-9)27-18(29)10-7-14-15(8-13(10)23)26-19(25-14)28-17-11(21)2-1-3-12(17)22/h1-7,13-15,19,25-26,28H,8H2,(H,24,27,29). The first-order valence-corrected chi connectivity index (χ1v) is 10.1. The number of benzene rings is 1. The molecule has 152 valence electrons. The fourth-order valence-corrected chi connectivity index (χ4v) is 4.11. The van der Waals surface area contributed by atoms with Crippen molar-refractivity contribution in [2.24, 2.45) is 0 Å². The molecule has 10 heteroatoms. The van der Waals surface area contributed by atoms with Crippen molar-refractivity contribution in [1.82, 2.24) is 15.6 Å². The molecule has 29 heavy (non-hydrogen) atoms. The van der Waals surface area contributed by atoms with Crippen LogP contribution in [-0.2, 0) is 4.79 Å². The summed E-state index contributed by atoms with van der Waals surface area (Å²) in [4.78, 5) is 16.6. The molecular weight excluding hydrogens is 440 g/mol. The monoisotopic (exact) mass is 455 g/mol. The number of hydrogen-bond donors (Lipinski definition) is 4. The van der Waals surface area contributed by atoms with Crippen molar-refractivity contribution in [2.45, 2.75) is 31.0 Å². The van der Waals surface area contributed by atoms with Gasteiger partial charge in [-0.1, -0.05) is 46.9 Å². The number of rotatable bonds is 4. The molecule has 6 nitrogen and oxygen atoms in total. The number of para-hydroxylation sites is 1. The summed E-state index contributed by atoms with van der Waals surface area (Å²) in [7, 11) is 0. The molecule has 1 fully saturated rings. The average molecular weight is 457 g/mol. The average Bonchev–Trinajstić information content (AvgIpc) is 3.05. The molecule has 2 aromatic rings. The first-order valence-electron chi connectivity index (χ1n) is 8.92. The number of anilines is 2. The zero-order valence-electron chi connectivity index (χ0n) is 14.9. The molecule has 1 amide bonds. The molecular formula is C19H17Cl3FN5O. The van der Waals surface area contributed by atoms with E-state index in [1.165, 1.54) is 12.3 Å². The Morgan fingerprint density at radius 3 is 2.66 bits per heavy atom. The molecule has 1 aromatic carbocycles. The summed E-state index contributed by atoms with van der Waals surface area (Å²) in [6.45, 7) is 0. The van der Waals surface area contributed by atoms with Gasteiger partial charge in [-0.05, 0) is 24.3 Å². The number of hydrogen-bond acceptors (Lipinski definition) is 5. The molecule has 2 aliphatic rings. The Hall–Kier alpha value is -1.90. The van der Waals surface area contributed by atoms with E-state index < -0.39 is 12.1 Å². The lowest BCUT2D eigenvalue weighted by Gasteiger charge is -2.26. The largest absolute Gasteiger partial charge is 0.355 e. The third-order valence-corrected chi connectivity index (χ3v) is 5.67. The predicted molar refractivity (Wildman–Crippen MR) is 113 cm³/mol. The summed E-state index contributed by atoms with van der Waals surface area (Å²) in [5.41, 5.74) is 0.629. The Bertz CT molecular complexity index is 952. The third-order valence-electron chi connectivity index (χ3n) is 4.81. The van der Waals surface area contributed by atoms with E-state index in [-0.39, 0.29) is 36.2 Å². The Morgan fingerprint density at radius 1 is 1.17 bits per heavy atom. The first-order chi connectivity index (χ1) is 13.9. The van der Waals surface area contributed by atoms with Gasteiger partial charge < -0.3 is 10.6 Å². The Kier molecular flexibility index (Phi) is 5.94. The second-order valence-electron chi connectivity index (χ2n) is 6.78. The van der Waals surface area contributed by atoms with Gasteiger partial charge in [0.2, 0.25) is 0 Å². The number of carbonyl (C=O) groups excluding carboxylic acids is 1. The summed E-state index contributed by atoms with van der Waals surface area (Å²) < 4.78 is 14.7. The maximum absolute atomic E-state index is 14.7. The maximum atomic E-state index is 14.7. The molecule has 1 saturated heterocycles. The minimum Gasteiger partial charge on any atom is -0.355 e. The van der Waals surface area contributed by atoms with Crippen LogP contribution in [0.2, 0.25) is 15.1 Å². The molecule has 4 N–H and O–H groups in total. The quantitative estimate of drug-likeness (QED) is 0.560. The SMILES string of the molecule is O=C(Nc1cc(Cl)ccn1)C1=CC2NC(Nc3c(Cl)cccc3Cl)NC2CC1F. The van der Waals surface area contributed by atoms with Crippen LogP contribution in [0.3, 0.4) is 0 Å². The fraction of sp³-hybridized carbons (Fsp3) is 0.263. The van der Waals surface area contributed by atoms with E-state index in [1.54, 1.807) is 30.3 Å². The van der Waals surface area contributed by atoms with Crippen LogP contribution in [-0.4, -0.2) is 35.4 Å². The van der Waals surface area contributed by atoms with Gasteiger partial charge in [0.1, 0.15) is 18.3 Å². The summed E-state index contributed by atoms with van der Waals surface area (Å²) >= 11 is 18.3. The van der Waals surface area contributed by atoms with E-state index in [1.807, 2.05) is 0 Å². The zero-order chi connectivity index (χ0) is 20.5. The summed E-state index contributed by atoms with van der Waals surface area (Å²) in [5, 5.41) is 13.7.